The second kappa shape index (κ2) is 12.4. The number of carbonyl (C=O) groups is 2. The summed E-state index contributed by atoms with van der Waals surface area (Å²) in [6.45, 7) is 5.83. The first kappa shape index (κ1) is 30.5. The third-order valence-electron chi connectivity index (χ3n) is 6.72. The van der Waals surface area contributed by atoms with Crippen molar-refractivity contribution in [1.29, 1.82) is 5.41 Å². The summed E-state index contributed by atoms with van der Waals surface area (Å²) in [5.74, 6) is -1.10. The Morgan fingerprint density at radius 2 is 1.77 bits per heavy atom. The number of anilines is 1. The van der Waals surface area contributed by atoms with Crippen LogP contribution < -0.4 is 10.1 Å². The number of amides is 2. The largest absolute Gasteiger partial charge is 0.573 e. The van der Waals surface area contributed by atoms with Crippen LogP contribution in [0.5, 0.6) is 5.75 Å². The highest BCUT2D eigenvalue weighted by molar-refractivity contribution is 8.16. The fourth-order valence-corrected chi connectivity index (χ4v) is 5.60. The predicted molar refractivity (Wildman–Crippen MR) is 162 cm³/mol. The van der Waals surface area contributed by atoms with Gasteiger partial charge in [0, 0.05) is 11.9 Å². The van der Waals surface area contributed by atoms with Gasteiger partial charge in [-0.25, -0.2) is 9.69 Å². The molecular formula is C31H27F3N6O3S. The number of rotatable bonds is 8. The summed E-state index contributed by atoms with van der Waals surface area (Å²) < 4.78 is 42.6. The molecular weight excluding hydrogens is 593 g/mol. The second-order valence-corrected chi connectivity index (χ2v) is 11.3. The van der Waals surface area contributed by atoms with Gasteiger partial charge in [-0.05, 0) is 65.9 Å². The zero-order valence-electron chi connectivity index (χ0n) is 23.8. The standard InChI is InChI=1S/C31H27F3N6O3S/c1-18(2)24-6-4-5-7-25(24)30-40(29(42)27(35)44-30)36-16-20-8-12-22(13-9-20)39-17-26(19(3)38-39)28(41)37-21-10-14-23(15-11-21)43-31(32,33)34/h4-18,30,35H,1-3H3,(H,37,41)/b35-27?,36-16+. The maximum Gasteiger partial charge on any atom is 0.573 e. The van der Waals surface area contributed by atoms with E-state index in [-0.39, 0.29) is 16.5 Å². The number of nitrogens with zero attached hydrogens (tertiary/aromatic N) is 4. The number of thioether (sulfide) groups is 1. The lowest BCUT2D eigenvalue weighted by molar-refractivity contribution is -0.274. The smallest absolute Gasteiger partial charge is 0.406 e. The van der Waals surface area contributed by atoms with Crippen LogP contribution in [0.4, 0.5) is 18.9 Å². The highest BCUT2D eigenvalue weighted by Crippen LogP contribution is 2.42. The van der Waals surface area contributed by atoms with Crippen LogP contribution in [0.15, 0.2) is 84.1 Å². The normalized spacial score (nSPS) is 15.4. The zero-order valence-corrected chi connectivity index (χ0v) is 24.6. The summed E-state index contributed by atoms with van der Waals surface area (Å²) >= 11 is 1.17. The molecule has 3 aromatic carbocycles. The van der Waals surface area contributed by atoms with Crippen molar-refractivity contribution in [2.75, 3.05) is 5.32 Å². The molecule has 1 atom stereocenters. The Labute approximate surface area is 255 Å². The van der Waals surface area contributed by atoms with Gasteiger partial charge in [-0.1, -0.05) is 62.0 Å². The molecule has 9 nitrogen and oxygen atoms in total. The van der Waals surface area contributed by atoms with E-state index >= 15 is 0 Å². The summed E-state index contributed by atoms with van der Waals surface area (Å²) in [7, 11) is 0. The van der Waals surface area contributed by atoms with Crippen molar-refractivity contribution < 1.29 is 27.5 Å². The monoisotopic (exact) mass is 620 g/mol. The van der Waals surface area contributed by atoms with Crippen LogP contribution in [0, 0.1) is 12.3 Å². The minimum Gasteiger partial charge on any atom is -0.406 e. The van der Waals surface area contributed by atoms with Crippen molar-refractivity contribution in [2.45, 2.75) is 38.4 Å². The molecule has 4 aromatic rings. The molecule has 0 radical (unpaired) electrons. The van der Waals surface area contributed by atoms with Gasteiger partial charge in [0.1, 0.15) is 11.1 Å². The number of carbonyl (C=O) groups excluding carboxylic acids is 2. The lowest BCUT2D eigenvalue weighted by Gasteiger charge is -2.22. The molecule has 1 fully saturated rings. The summed E-state index contributed by atoms with van der Waals surface area (Å²) in [6, 6.07) is 19.8. The van der Waals surface area contributed by atoms with E-state index in [0.29, 0.717) is 22.6 Å². The van der Waals surface area contributed by atoms with Crippen LogP contribution in [0.2, 0.25) is 0 Å². The number of ether oxygens (including phenoxy) is 1. The van der Waals surface area contributed by atoms with Crippen molar-refractivity contribution in [2.24, 2.45) is 5.10 Å². The van der Waals surface area contributed by atoms with E-state index in [1.165, 1.54) is 33.6 Å². The lowest BCUT2D eigenvalue weighted by atomic mass is 9.97. The molecule has 0 aliphatic carbocycles. The number of halogens is 3. The fraction of sp³-hybridized carbons (Fsp3) is 0.194. The Hall–Kier alpha value is -4.91. The Bertz CT molecular complexity index is 1730. The van der Waals surface area contributed by atoms with E-state index in [2.05, 4.69) is 34.1 Å². The SMILES string of the molecule is Cc1nn(-c2ccc(/C=N/N3C(=O)C(=N)SC3c3ccccc3C(C)C)cc2)cc1C(=O)Nc1ccc(OC(F)(F)F)cc1. The number of hydrogen-bond donors (Lipinski definition) is 2. The Kier molecular flexibility index (Phi) is 8.59. The number of aromatic nitrogens is 2. The first-order valence-electron chi connectivity index (χ1n) is 13.4. The number of alkyl halides is 3. The third-order valence-corrected chi connectivity index (χ3v) is 7.80. The van der Waals surface area contributed by atoms with Crippen LogP contribution >= 0.6 is 11.8 Å². The Balaban J connectivity index is 1.28. The van der Waals surface area contributed by atoms with E-state index in [1.807, 2.05) is 24.3 Å². The molecule has 2 heterocycles. The van der Waals surface area contributed by atoms with Gasteiger partial charge in [0.2, 0.25) is 0 Å². The maximum absolute atomic E-state index is 12.9. The zero-order chi connectivity index (χ0) is 31.6. The van der Waals surface area contributed by atoms with E-state index in [1.54, 1.807) is 43.6 Å². The highest BCUT2D eigenvalue weighted by Gasteiger charge is 2.39. The molecule has 5 rings (SSSR count). The van der Waals surface area contributed by atoms with Gasteiger partial charge < -0.3 is 10.1 Å². The molecule has 2 amide bonds. The topological polar surface area (TPSA) is 113 Å². The van der Waals surface area contributed by atoms with Gasteiger partial charge in [0.25, 0.3) is 11.8 Å². The van der Waals surface area contributed by atoms with Crippen LogP contribution in [-0.2, 0) is 4.79 Å². The predicted octanol–water partition coefficient (Wildman–Crippen LogP) is 7.04. The van der Waals surface area contributed by atoms with Gasteiger partial charge in [-0.15, -0.1) is 13.2 Å². The second-order valence-electron chi connectivity index (χ2n) is 10.2. The molecule has 13 heteroatoms. The lowest BCUT2D eigenvalue weighted by Crippen LogP contribution is -2.25. The number of nitrogens with one attached hydrogen (secondary N) is 2. The van der Waals surface area contributed by atoms with E-state index in [4.69, 9.17) is 5.41 Å². The summed E-state index contributed by atoms with van der Waals surface area (Å²) in [5.41, 5.74) is 4.43. The van der Waals surface area contributed by atoms with Gasteiger partial charge >= 0.3 is 6.36 Å². The van der Waals surface area contributed by atoms with Crippen LogP contribution in [-0.4, -0.2) is 44.2 Å². The minimum atomic E-state index is -4.80. The van der Waals surface area contributed by atoms with Crippen LogP contribution in [0.3, 0.4) is 0 Å². The number of hydrazone groups is 1. The van der Waals surface area contributed by atoms with E-state index in [0.717, 1.165) is 23.3 Å². The first-order valence-corrected chi connectivity index (χ1v) is 14.3. The van der Waals surface area contributed by atoms with Crippen LogP contribution in [0.25, 0.3) is 5.69 Å². The highest BCUT2D eigenvalue weighted by atomic mass is 32.2. The average molecular weight is 621 g/mol. The molecule has 0 spiro atoms. The van der Waals surface area contributed by atoms with Gasteiger partial charge in [-0.2, -0.15) is 10.2 Å². The number of benzene rings is 3. The third kappa shape index (κ3) is 6.83. The first-order chi connectivity index (χ1) is 20.9. The molecule has 1 unspecified atom stereocenters. The summed E-state index contributed by atoms with van der Waals surface area (Å²) in [6.07, 6.45) is -1.69. The van der Waals surface area contributed by atoms with Crippen molar-refractivity contribution in [3.05, 3.63) is 107 Å². The van der Waals surface area contributed by atoms with Gasteiger partial charge in [0.15, 0.2) is 5.04 Å². The number of hydrogen-bond acceptors (Lipinski definition) is 7. The van der Waals surface area contributed by atoms with Crippen molar-refractivity contribution >= 4 is 40.5 Å². The van der Waals surface area contributed by atoms with Gasteiger partial charge in [0.05, 0.1) is 23.2 Å². The van der Waals surface area contributed by atoms with Crippen LogP contribution in [0.1, 0.15) is 57.9 Å². The van der Waals surface area contributed by atoms with Crippen molar-refractivity contribution in [3.63, 3.8) is 0 Å². The van der Waals surface area contributed by atoms with Crippen molar-refractivity contribution in [3.8, 4) is 11.4 Å². The van der Waals surface area contributed by atoms with Crippen molar-refractivity contribution in [1.82, 2.24) is 14.8 Å². The Morgan fingerprint density at radius 3 is 2.43 bits per heavy atom. The average Bonchev–Trinajstić information content (AvgIpc) is 3.51. The fourth-order valence-electron chi connectivity index (χ4n) is 4.59. The quantitative estimate of drug-likeness (QED) is 0.205. The molecule has 0 saturated carbocycles. The van der Waals surface area contributed by atoms with E-state index in [9.17, 15) is 22.8 Å². The molecule has 0 bridgehead atoms. The molecule has 1 saturated heterocycles. The van der Waals surface area contributed by atoms with Gasteiger partial charge in [-0.3, -0.25) is 15.0 Å². The Morgan fingerprint density at radius 1 is 1.09 bits per heavy atom. The molecule has 1 aromatic heterocycles. The summed E-state index contributed by atoms with van der Waals surface area (Å²) in [4.78, 5) is 25.6. The number of aryl methyl sites for hydroxylation is 1. The van der Waals surface area contributed by atoms with E-state index < -0.39 is 29.3 Å². The molecule has 2 N–H and O–H groups in total. The minimum absolute atomic E-state index is 0.0672. The molecule has 44 heavy (non-hydrogen) atoms. The maximum atomic E-state index is 12.9. The molecule has 1 aliphatic rings. The molecule has 226 valence electrons. The summed E-state index contributed by atoms with van der Waals surface area (Å²) in [5, 5.41) is 20.5. The molecule has 1 aliphatic heterocycles.